The van der Waals surface area contributed by atoms with Gasteiger partial charge in [-0.25, -0.2) is 0 Å². The first-order valence-electron chi connectivity index (χ1n) is 5.26. The third kappa shape index (κ3) is 3.20. The van der Waals surface area contributed by atoms with Crippen LogP contribution in [-0.2, 0) is 9.59 Å². The fourth-order valence-corrected chi connectivity index (χ4v) is 1.48. The van der Waals surface area contributed by atoms with Gasteiger partial charge in [-0.1, -0.05) is 13.8 Å². The summed E-state index contributed by atoms with van der Waals surface area (Å²) >= 11 is 0. The molecule has 1 aliphatic heterocycles. The van der Waals surface area contributed by atoms with Gasteiger partial charge in [-0.05, 0) is 12.3 Å². The second-order valence-corrected chi connectivity index (χ2v) is 4.18. The molecule has 5 nitrogen and oxygen atoms in total. The van der Waals surface area contributed by atoms with Crippen molar-refractivity contribution in [3.63, 3.8) is 0 Å². The van der Waals surface area contributed by atoms with Gasteiger partial charge in [0.2, 0.25) is 5.91 Å². The van der Waals surface area contributed by atoms with Gasteiger partial charge in [0, 0.05) is 13.1 Å². The van der Waals surface area contributed by atoms with E-state index in [0.29, 0.717) is 0 Å². The topological polar surface area (TPSA) is 69.6 Å². The van der Waals surface area contributed by atoms with Crippen LogP contribution >= 0.6 is 0 Å². The van der Waals surface area contributed by atoms with E-state index in [1.54, 1.807) is 4.90 Å². The average molecular weight is 214 g/mol. The van der Waals surface area contributed by atoms with Crippen LogP contribution in [0.3, 0.4) is 0 Å². The molecular formula is C10H18N2O3. The molecule has 1 aliphatic rings. The van der Waals surface area contributed by atoms with E-state index in [0.717, 1.165) is 19.5 Å². The number of carboxylic acid groups (broad SMARTS) is 1. The fourth-order valence-electron chi connectivity index (χ4n) is 1.48. The van der Waals surface area contributed by atoms with E-state index in [-0.39, 0.29) is 18.4 Å². The first kappa shape index (κ1) is 12.0. The van der Waals surface area contributed by atoms with Crippen LogP contribution in [0.15, 0.2) is 0 Å². The molecule has 1 rings (SSSR count). The van der Waals surface area contributed by atoms with Crippen molar-refractivity contribution in [1.82, 2.24) is 10.2 Å². The van der Waals surface area contributed by atoms with Crippen molar-refractivity contribution < 1.29 is 14.7 Å². The van der Waals surface area contributed by atoms with Gasteiger partial charge < -0.3 is 10.0 Å². The molecule has 1 saturated heterocycles. The molecule has 1 amide bonds. The van der Waals surface area contributed by atoms with E-state index in [2.05, 4.69) is 5.32 Å². The van der Waals surface area contributed by atoms with Crippen molar-refractivity contribution >= 4 is 11.9 Å². The standard InChI is InChI=1S/C10H18N2O3/c1-7(2)9(10(14)15)11-6-8(13)12-4-3-5-12/h7,9,11H,3-6H2,1-2H3,(H,14,15). The van der Waals surface area contributed by atoms with E-state index in [4.69, 9.17) is 5.11 Å². The number of aliphatic carboxylic acids is 1. The van der Waals surface area contributed by atoms with Crippen molar-refractivity contribution in [2.24, 2.45) is 5.92 Å². The number of carboxylic acids is 1. The van der Waals surface area contributed by atoms with E-state index < -0.39 is 12.0 Å². The van der Waals surface area contributed by atoms with Gasteiger partial charge in [-0.15, -0.1) is 0 Å². The molecule has 1 unspecified atom stereocenters. The van der Waals surface area contributed by atoms with Gasteiger partial charge in [0.1, 0.15) is 6.04 Å². The van der Waals surface area contributed by atoms with Gasteiger partial charge >= 0.3 is 5.97 Å². The van der Waals surface area contributed by atoms with Crippen LogP contribution in [0.4, 0.5) is 0 Å². The van der Waals surface area contributed by atoms with Gasteiger partial charge in [0.05, 0.1) is 6.54 Å². The van der Waals surface area contributed by atoms with Crippen LogP contribution in [0.1, 0.15) is 20.3 Å². The molecule has 5 heteroatoms. The first-order valence-corrected chi connectivity index (χ1v) is 5.26. The summed E-state index contributed by atoms with van der Waals surface area (Å²) in [6, 6.07) is -0.643. The number of nitrogens with zero attached hydrogens (tertiary/aromatic N) is 1. The summed E-state index contributed by atoms with van der Waals surface area (Å²) in [6.07, 6.45) is 1.05. The largest absolute Gasteiger partial charge is 0.480 e. The molecule has 15 heavy (non-hydrogen) atoms. The van der Waals surface area contributed by atoms with Crippen molar-refractivity contribution in [2.75, 3.05) is 19.6 Å². The Morgan fingerprint density at radius 1 is 1.40 bits per heavy atom. The highest BCUT2D eigenvalue weighted by Gasteiger charge is 2.24. The predicted octanol–water partition coefficient (Wildman–Crippen LogP) is -0.0825. The van der Waals surface area contributed by atoms with Crippen LogP contribution in [0.25, 0.3) is 0 Å². The van der Waals surface area contributed by atoms with Crippen LogP contribution in [0.2, 0.25) is 0 Å². The molecule has 0 aromatic heterocycles. The van der Waals surface area contributed by atoms with E-state index in [1.165, 1.54) is 0 Å². The minimum Gasteiger partial charge on any atom is -0.480 e. The zero-order chi connectivity index (χ0) is 11.4. The zero-order valence-corrected chi connectivity index (χ0v) is 9.19. The number of rotatable bonds is 5. The van der Waals surface area contributed by atoms with Crippen LogP contribution in [-0.4, -0.2) is 47.6 Å². The average Bonchev–Trinajstić information content (AvgIpc) is 1.99. The highest BCUT2D eigenvalue weighted by atomic mass is 16.4. The van der Waals surface area contributed by atoms with E-state index in [9.17, 15) is 9.59 Å². The SMILES string of the molecule is CC(C)C(NCC(=O)N1CCC1)C(=O)O. The van der Waals surface area contributed by atoms with Gasteiger partial charge in [0.15, 0.2) is 0 Å². The maximum absolute atomic E-state index is 11.4. The molecule has 0 saturated carbocycles. The summed E-state index contributed by atoms with van der Waals surface area (Å²) in [5, 5.41) is 11.7. The summed E-state index contributed by atoms with van der Waals surface area (Å²) in [7, 11) is 0. The lowest BCUT2D eigenvalue weighted by Gasteiger charge is -2.31. The molecule has 2 N–H and O–H groups in total. The minimum atomic E-state index is -0.901. The summed E-state index contributed by atoms with van der Waals surface area (Å²) < 4.78 is 0. The summed E-state index contributed by atoms with van der Waals surface area (Å²) in [4.78, 5) is 24.0. The normalized spacial score (nSPS) is 17.4. The van der Waals surface area contributed by atoms with Crippen LogP contribution in [0, 0.1) is 5.92 Å². The summed E-state index contributed by atoms with van der Waals surface area (Å²) in [5.74, 6) is -0.929. The predicted molar refractivity (Wildman–Crippen MR) is 55.5 cm³/mol. The number of hydrogen-bond donors (Lipinski definition) is 2. The summed E-state index contributed by atoms with van der Waals surface area (Å²) in [6.45, 7) is 5.37. The second-order valence-electron chi connectivity index (χ2n) is 4.18. The maximum atomic E-state index is 11.4. The molecule has 1 heterocycles. The molecule has 1 fully saturated rings. The van der Waals surface area contributed by atoms with Gasteiger partial charge in [-0.2, -0.15) is 0 Å². The molecule has 0 aromatic carbocycles. The number of likely N-dealkylation sites (tertiary alicyclic amines) is 1. The quantitative estimate of drug-likeness (QED) is 0.671. The van der Waals surface area contributed by atoms with Crippen molar-refractivity contribution in [3.05, 3.63) is 0 Å². The molecule has 1 atom stereocenters. The van der Waals surface area contributed by atoms with E-state index >= 15 is 0 Å². The third-order valence-corrected chi connectivity index (χ3v) is 2.61. The second kappa shape index (κ2) is 5.11. The van der Waals surface area contributed by atoms with Crippen LogP contribution in [0.5, 0.6) is 0 Å². The third-order valence-electron chi connectivity index (χ3n) is 2.61. The molecule has 0 radical (unpaired) electrons. The molecule has 0 bridgehead atoms. The number of amides is 1. The highest BCUT2D eigenvalue weighted by molar-refractivity contribution is 5.80. The lowest BCUT2D eigenvalue weighted by molar-refractivity contribution is -0.141. The van der Waals surface area contributed by atoms with E-state index in [1.807, 2.05) is 13.8 Å². The number of hydrogen-bond acceptors (Lipinski definition) is 3. The monoisotopic (exact) mass is 214 g/mol. The van der Waals surface area contributed by atoms with Crippen molar-refractivity contribution in [2.45, 2.75) is 26.3 Å². The number of carbonyl (C=O) groups is 2. The lowest BCUT2D eigenvalue weighted by atomic mass is 10.0. The van der Waals surface area contributed by atoms with Gasteiger partial charge in [-0.3, -0.25) is 14.9 Å². The molecule has 0 aromatic rings. The Hall–Kier alpha value is -1.10. The molecule has 0 spiro atoms. The Kier molecular flexibility index (Phi) is 4.08. The Balaban J connectivity index is 2.32. The molecular weight excluding hydrogens is 196 g/mol. The lowest BCUT2D eigenvalue weighted by Crippen LogP contribution is -2.50. The Bertz CT molecular complexity index is 249. The van der Waals surface area contributed by atoms with Crippen LogP contribution < -0.4 is 5.32 Å². The van der Waals surface area contributed by atoms with Crippen molar-refractivity contribution in [3.8, 4) is 0 Å². The Morgan fingerprint density at radius 3 is 2.33 bits per heavy atom. The smallest absolute Gasteiger partial charge is 0.320 e. The number of nitrogens with one attached hydrogen (secondary N) is 1. The highest BCUT2D eigenvalue weighted by Crippen LogP contribution is 2.06. The summed E-state index contributed by atoms with van der Waals surface area (Å²) in [5.41, 5.74) is 0. The Labute approximate surface area is 89.4 Å². The minimum absolute atomic E-state index is 0.00634. The first-order chi connectivity index (χ1) is 7.02. The molecule has 86 valence electrons. The molecule has 0 aliphatic carbocycles. The maximum Gasteiger partial charge on any atom is 0.320 e. The number of carbonyl (C=O) groups excluding carboxylic acids is 1. The zero-order valence-electron chi connectivity index (χ0n) is 9.19. The van der Waals surface area contributed by atoms with Crippen molar-refractivity contribution in [1.29, 1.82) is 0 Å². The fraction of sp³-hybridized carbons (Fsp3) is 0.800. The Morgan fingerprint density at radius 2 is 2.00 bits per heavy atom. The van der Waals surface area contributed by atoms with Gasteiger partial charge in [0.25, 0.3) is 0 Å².